The molecule has 0 amide bonds. The van der Waals surface area contributed by atoms with Crippen molar-refractivity contribution in [3.63, 3.8) is 0 Å². The fourth-order valence-corrected chi connectivity index (χ4v) is 4.07. The molecule has 1 heterocycles. The van der Waals surface area contributed by atoms with Gasteiger partial charge in [0.15, 0.2) is 0 Å². The molecule has 0 radical (unpaired) electrons. The van der Waals surface area contributed by atoms with Crippen LogP contribution in [0.4, 0.5) is 4.39 Å². The van der Waals surface area contributed by atoms with Gasteiger partial charge < -0.3 is 5.32 Å². The van der Waals surface area contributed by atoms with Crippen molar-refractivity contribution in [2.45, 2.75) is 39.7 Å². The van der Waals surface area contributed by atoms with Crippen LogP contribution in [0.1, 0.15) is 43.2 Å². The van der Waals surface area contributed by atoms with Gasteiger partial charge in [-0.1, -0.05) is 13.8 Å². The molecule has 0 fully saturated rings. The van der Waals surface area contributed by atoms with E-state index in [1.165, 1.54) is 4.88 Å². The number of hydrogen-bond donors (Lipinski definition) is 1. The SMILES string of the molecule is CCCNC(CC)c1ccc(-c2cc(F)c(Br)cc2C)s1. The van der Waals surface area contributed by atoms with Crippen molar-refractivity contribution < 1.29 is 4.39 Å². The first kappa shape index (κ1) is 16.7. The second kappa shape index (κ2) is 7.52. The van der Waals surface area contributed by atoms with E-state index in [1.807, 2.05) is 13.0 Å². The average Bonchev–Trinajstić information content (AvgIpc) is 2.93. The molecule has 0 aliphatic heterocycles. The minimum Gasteiger partial charge on any atom is -0.309 e. The molecule has 0 saturated carbocycles. The zero-order chi connectivity index (χ0) is 15.4. The summed E-state index contributed by atoms with van der Waals surface area (Å²) in [6.07, 6.45) is 2.19. The number of halogens is 2. The third-order valence-corrected chi connectivity index (χ3v) is 5.39. The average molecular weight is 370 g/mol. The molecule has 114 valence electrons. The fourth-order valence-electron chi connectivity index (χ4n) is 2.36. The molecule has 2 aromatic rings. The quantitative estimate of drug-likeness (QED) is 0.650. The number of rotatable bonds is 6. The normalized spacial score (nSPS) is 12.6. The van der Waals surface area contributed by atoms with Crippen molar-refractivity contribution in [1.82, 2.24) is 5.32 Å². The summed E-state index contributed by atoms with van der Waals surface area (Å²) in [6.45, 7) is 7.41. The summed E-state index contributed by atoms with van der Waals surface area (Å²) in [5, 5.41) is 3.56. The molecule has 2 rings (SSSR count). The van der Waals surface area contributed by atoms with Crippen molar-refractivity contribution in [1.29, 1.82) is 0 Å². The van der Waals surface area contributed by atoms with Crippen molar-refractivity contribution in [2.24, 2.45) is 0 Å². The van der Waals surface area contributed by atoms with Crippen molar-refractivity contribution >= 4 is 27.3 Å². The lowest BCUT2D eigenvalue weighted by Gasteiger charge is -2.14. The summed E-state index contributed by atoms with van der Waals surface area (Å²) in [7, 11) is 0. The Morgan fingerprint density at radius 2 is 2.05 bits per heavy atom. The maximum Gasteiger partial charge on any atom is 0.138 e. The smallest absolute Gasteiger partial charge is 0.138 e. The first-order chi connectivity index (χ1) is 10.1. The zero-order valence-corrected chi connectivity index (χ0v) is 15.1. The molecule has 1 atom stereocenters. The fraction of sp³-hybridized carbons (Fsp3) is 0.412. The Balaban J connectivity index is 2.29. The van der Waals surface area contributed by atoms with E-state index in [1.54, 1.807) is 17.4 Å². The number of thiophene rings is 1. The summed E-state index contributed by atoms with van der Waals surface area (Å²) >= 11 is 4.99. The molecule has 1 aromatic carbocycles. The van der Waals surface area contributed by atoms with Crippen LogP contribution in [0.2, 0.25) is 0 Å². The second-order valence-electron chi connectivity index (χ2n) is 5.20. The first-order valence-electron chi connectivity index (χ1n) is 7.35. The van der Waals surface area contributed by atoms with Gasteiger partial charge in [-0.2, -0.15) is 0 Å². The van der Waals surface area contributed by atoms with Gasteiger partial charge in [-0.05, 0) is 77.6 Å². The predicted molar refractivity (Wildman–Crippen MR) is 93.5 cm³/mol. The summed E-state index contributed by atoms with van der Waals surface area (Å²) in [6, 6.07) is 8.12. The molecule has 0 saturated heterocycles. The highest BCUT2D eigenvalue weighted by Crippen LogP contribution is 2.36. The molecule has 1 aromatic heterocycles. The monoisotopic (exact) mass is 369 g/mol. The van der Waals surface area contributed by atoms with Crippen LogP contribution in [0.25, 0.3) is 10.4 Å². The van der Waals surface area contributed by atoms with Gasteiger partial charge in [0.25, 0.3) is 0 Å². The summed E-state index contributed by atoms with van der Waals surface area (Å²) in [4.78, 5) is 2.45. The van der Waals surface area contributed by atoms with Gasteiger partial charge in [-0.15, -0.1) is 11.3 Å². The van der Waals surface area contributed by atoms with Gasteiger partial charge in [0.2, 0.25) is 0 Å². The Hall–Kier alpha value is -0.710. The number of nitrogens with one attached hydrogen (secondary N) is 1. The molecular formula is C17H21BrFNS. The maximum absolute atomic E-state index is 13.8. The zero-order valence-electron chi connectivity index (χ0n) is 12.7. The van der Waals surface area contributed by atoms with Crippen LogP contribution in [0.3, 0.4) is 0 Å². The minimum absolute atomic E-state index is 0.207. The molecule has 0 bridgehead atoms. The predicted octanol–water partition coefficient (Wildman–Crippen LogP) is 6.08. The van der Waals surface area contributed by atoms with Crippen LogP contribution in [-0.2, 0) is 0 Å². The van der Waals surface area contributed by atoms with Crippen molar-refractivity contribution in [3.8, 4) is 10.4 Å². The summed E-state index contributed by atoms with van der Waals surface area (Å²) < 4.78 is 14.3. The van der Waals surface area contributed by atoms with Gasteiger partial charge in [-0.25, -0.2) is 4.39 Å². The van der Waals surface area contributed by atoms with Crippen molar-refractivity contribution in [2.75, 3.05) is 6.54 Å². The van der Waals surface area contributed by atoms with Crippen LogP contribution in [0.5, 0.6) is 0 Å². The topological polar surface area (TPSA) is 12.0 Å². The lowest BCUT2D eigenvalue weighted by atomic mass is 10.1. The Labute approximate surface area is 138 Å². The third-order valence-electron chi connectivity index (χ3n) is 3.55. The van der Waals surface area contributed by atoms with Crippen LogP contribution >= 0.6 is 27.3 Å². The van der Waals surface area contributed by atoms with Crippen molar-refractivity contribution in [3.05, 3.63) is 45.0 Å². The Kier molecular flexibility index (Phi) is 5.97. The third kappa shape index (κ3) is 3.93. The molecule has 0 aliphatic rings. The molecular weight excluding hydrogens is 349 g/mol. The highest BCUT2D eigenvalue weighted by atomic mass is 79.9. The van der Waals surface area contributed by atoms with Crippen LogP contribution in [-0.4, -0.2) is 6.54 Å². The Morgan fingerprint density at radius 1 is 1.29 bits per heavy atom. The number of benzene rings is 1. The summed E-state index contributed by atoms with van der Waals surface area (Å²) in [5.74, 6) is -0.207. The largest absolute Gasteiger partial charge is 0.309 e. The molecule has 1 nitrogen and oxygen atoms in total. The van der Waals surface area contributed by atoms with Crippen LogP contribution < -0.4 is 5.32 Å². The van der Waals surface area contributed by atoms with Crippen LogP contribution in [0.15, 0.2) is 28.7 Å². The molecule has 21 heavy (non-hydrogen) atoms. The van der Waals surface area contributed by atoms with E-state index in [-0.39, 0.29) is 5.82 Å². The van der Waals surface area contributed by atoms with Gasteiger partial charge in [0.05, 0.1) is 4.47 Å². The van der Waals surface area contributed by atoms with E-state index >= 15 is 0 Å². The van der Waals surface area contributed by atoms with Gasteiger partial charge in [0, 0.05) is 15.8 Å². The molecule has 1 N–H and O–H groups in total. The van der Waals surface area contributed by atoms with E-state index in [2.05, 4.69) is 47.2 Å². The van der Waals surface area contributed by atoms with E-state index in [9.17, 15) is 4.39 Å². The molecule has 4 heteroatoms. The molecule has 0 aliphatic carbocycles. The Morgan fingerprint density at radius 3 is 2.71 bits per heavy atom. The standard InChI is InChI=1S/C17H21BrFNS/c1-4-8-20-15(5-2)17-7-6-16(21-17)12-10-14(19)13(18)9-11(12)3/h6-7,9-10,15,20H,4-5,8H2,1-3H3. The lowest BCUT2D eigenvalue weighted by molar-refractivity contribution is 0.525. The van der Waals surface area contributed by atoms with Gasteiger partial charge in [-0.3, -0.25) is 0 Å². The minimum atomic E-state index is -0.207. The highest BCUT2D eigenvalue weighted by molar-refractivity contribution is 9.10. The second-order valence-corrected chi connectivity index (χ2v) is 7.17. The summed E-state index contributed by atoms with van der Waals surface area (Å²) in [5.41, 5.74) is 2.07. The Bertz CT molecular complexity index is 609. The first-order valence-corrected chi connectivity index (χ1v) is 8.96. The number of aryl methyl sites for hydroxylation is 1. The lowest BCUT2D eigenvalue weighted by Crippen LogP contribution is -2.20. The van der Waals surface area contributed by atoms with E-state index in [4.69, 9.17) is 0 Å². The van der Waals surface area contributed by atoms with E-state index in [0.717, 1.165) is 35.4 Å². The molecule has 0 spiro atoms. The van der Waals surface area contributed by atoms with E-state index < -0.39 is 0 Å². The maximum atomic E-state index is 13.8. The van der Waals surface area contributed by atoms with Crippen LogP contribution in [0, 0.1) is 12.7 Å². The highest BCUT2D eigenvalue weighted by Gasteiger charge is 2.14. The van der Waals surface area contributed by atoms with Gasteiger partial charge in [0.1, 0.15) is 5.82 Å². The molecule has 1 unspecified atom stereocenters. The number of hydrogen-bond acceptors (Lipinski definition) is 2. The van der Waals surface area contributed by atoms with Gasteiger partial charge >= 0.3 is 0 Å². The van der Waals surface area contributed by atoms with E-state index in [0.29, 0.717) is 10.5 Å².